The van der Waals surface area contributed by atoms with Crippen LogP contribution in [0, 0.1) is 0 Å². The largest absolute Gasteiger partial charge is 0.469 e. The number of hydrogen-bond donors (Lipinski definition) is 2. The Balaban J connectivity index is 0.00000312. The summed E-state index contributed by atoms with van der Waals surface area (Å²) in [5, 5.41) is 6.68. The maximum Gasteiger partial charge on any atom is 0.307 e. The number of halogens is 2. The summed E-state index contributed by atoms with van der Waals surface area (Å²) in [5.41, 5.74) is 1.22. The van der Waals surface area contributed by atoms with E-state index < -0.39 is 0 Å². The molecule has 140 valence electrons. The number of nitrogens with one attached hydrogen (secondary N) is 2. The average Bonchev–Trinajstić information content (AvgIpc) is 3.03. The number of aliphatic imine (C=N–C) groups is 1. The molecular weight excluding hydrogens is 499 g/mol. The van der Waals surface area contributed by atoms with Crippen LogP contribution in [0.1, 0.15) is 19.8 Å². The van der Waals surface area contributed by atoms with E-state index in [2.05, 4.69) is 59.4 Å². The molecule has 1 unspecified atom stereocenters. The number of guanidine groups is 1. The molecular formula is C17H26BrIN4O2. The molecule has 0 aliphatic carbocycles. The second-order valence-corrected chi connectivity index (χ2v) is 6.47. The summed E-state index contributed by atoms with van der Waals surface area (Å²) in [7, 11) is 1.39. The summed E-state index contributed by atoms with van der Waals surface area (Å²) in [6, 6.07) is 8.60. The molecule has 25 heavy (non-hydrogen) atoms. The first-order valence-corrected chi connectivity index (χ1v) is 9.04. The van der Waals surface area contributed by atoms with Crippen LogP contribution >= 0.6 is 39.9 Å². The molecule has 0 spiro atoms. The molecule has 1 aromatic rings. The number of carbonyl (C=O) groups excluding carboxylic acids is 1. The maximum absolute atomic E-state index is 11.2. The molecule has 0 radical (unpaired) electrons. The first kappa shape index (κ1) is 22.0. The monoisotopic (exact) mass is 524 g/mol. The molecule has 2 N–H and O–H groups in total. The molecule has 0 bridgehead atoms. The van der Waals surface area contributed by atoms with Gasteiger partial charge in [0.05, 0.1) is 25.8 Å². The Labute approximate surface area is 174 Å². The van der Waals surface area contributed by atoms with Gasteiger partial charge in [-0.1, -0.05) is 12.1 Å². The zero-order chi connectivity index (χ0) is 17.4. The number of hydrogen-bond acceptors (Lipinski definition) is 4. The molecule has 1 aliphatic rings. The van der Waals surface area contributed by atoms with Gasteiger partial charge in [0.2, 0.25) is 0 Å². The van der Waals surface area contributed by atoms with E-state index in [9.17, 15) is 4.79 Å². The zero-order valence-corrected chi connectivity index (χ0v) is 18.5. The highest BCUT2D eigenvalue weighted by Gasteiger charge is 2.24. The van der Waals surface area contributed by atoms with Crippen LogP contribution in [0.15, 0.2) is 33.7 Å². The van der Waals surface area contributed by atoms with Crippen LogP contribution in [0.5, 0.6) is 0 Å². The van der Waals surface area contributed by atoms with Crippen LogP contribution in [0.25, 0.3) is 0 Å². The van der Waals surface area contributed by atoms with E-state index in [-0.39, 0.29) is 29.9 Å². The molecule has 1 atom stereocenters. The average molecular weight is 525 g/mol. The Bertz CT molecular complexity index is 586. The molecule has 0 aromatic heterocycles. The number of anilines is 1. The van der Waals surface area contributed by atoms with Crippen molar-refractivity contribution < 1.29 is 9.53 Å². The van der Waals surface area contributed by atoms with E-state index in [1.807, 2.05) is 13.0 Å². The van der Waals surface area contributed by atoms with Gasteiger partial charge in [0.1, 0.15) is 0 Å². The fourth-order valence-electron chi connectivity index (χ4n) is 2.68. The van der Waals surface area contributed by atoms with E-state index in [1.165, 1.54) is 12.8 Å². The van der Waals surface area contributed by atoms with Crippen LogP contribution in [0.3, 0.4) is 0 Å². The van der Waals surface area contributed by atoms with Crippen LogP contribution in [0.4, 0.5) is 5.69 Å². The number of nitrogens with zero attached hydrogens (tertiary/aromatic N) is 2. The van der Waals surface area contributed by atoms with Crippen molar-refractivity contribution in [3.8, 4) is 0 Å². The Morgan fingerprint density at radius 2 is 2.20 bits per heavy atom. The molecule has 8 heteroatoms. The van der Waals surface area contributed by atoms with E-state index >= 15 is 0 Å². The minimum Gasteiger partial charge on any atom is -0.469 e. The van der Waals surface area contributed by atoms with Gasteiger partial charge in [-0.2, -0.15) is 0 Å². The summed E-state index contributed by atoms with van der Waals surface area (Å²) in [5.74, 6) is 0.510. The Morgan fingerprint density at radius 3 is 2.88 bits per heavy atom. The number of para-hydroxylation sites is 1. The van der Waals surface area contributed by atoms with Crippen molar-refractivity contribution in [3.63, 3.8) is 0 Å². The quantitative estimate of drug-likeness (QED) is 0.259. The molecule has 1 fully saturated rings. The lowest BCUT2D eigenvalue weighted by Crippen LogP contribution is -2.44. The summed E-state index contributed by atoms with van der Waals surface area (Å²) in [4.78, 5) is 18.0. The van der Waals surface area contributed by atoms with Crippen molar-refractivity contribution >= 4 is 57.5 Å². The predicted octanol–water partition coefficient (Wildman–Crippen LogP) is 2.76. The van der Waals surface area contributed by atoms with Crippen molar-refractivity contribution in [2.45, 2.75) is 25.8 Å². The van der Waals surface area contributed by atoms with Gasteiger partial charge in [-0.15, -0.1) is 24.0 Å². The van der Waals surface area contributed by atoms with Gasteiger partial charge in [-0.05, 0) is 41.4 Å². The number of esters is 1. The summed E-state index contributed by atoms with van der Waals surface area (Å²) < 4.78 is 5.75. The number of benzene rings is 1. The molecule has 2 rings (SSSR count). The van der Waals surface area contributed by atoms with Gasteiger partial charge < -0.3 is 20.3 Å². The first-order chi connectivity index (χ1) is 11.6. The van der Waals surface area contributed by atoms with Crippen LogP contribution < -0.4 is 15.5 Å². The fourth-order valence-corrected chi connectivity index (χ4v) is 3.22. The van der Waals surface area contributed by atoms with Crippen LogP contribution in [-0.2, 0) is 9.53 Å². The van der Waals surface area contributed by atoms with Gasteiger partial charge in [-0.3, -0.25) is 9.79 Å². The number of methoxy groups -OCH3 is 1. The maximum atomic E-state index is 11.2. The highest BCUT2D eigenvalue weighted by molar-refractivity contribution is 14.0. The molecule has 1 saturated heterocycles. The summed E-state index contributed by atoms with van der Waals surface area (Å²) in [6.07, 6.45) is 1.34. The van der Waals surface area contributed by atoms with Gasteiger partial charge in [0.15, 0.2) is 5.96 Å². The van der Waals surface area contributed by atoms with Crippen molar-refractivity contribution in [1.82, 2.24) is 10.6 Å². The summed E-state index contributed by atoms with van der Waals surface area (Å²) in [6.45, 7) is 5.15. The third-order valence-corrected chi connectivity index (χ3v) is 4.55. The lowest BCUT2D eigenvalue weighted by molar-refractivity contribution is -0.140. The third kappa shape index (κ3) is 7.01. The van der Waals surface area contributed by atoms with Gasteiger partial charge in [0, 0.05) is 30.1 Å². The third-order valence-electron chi connectivity index (χ3n) is 3.88. The lowest BCUT2D eigenvalue weighted by atomic mass is 10.3. The molecule has 1 aliphatic heterocycles. The molecule has 0 amide bonds. The Morgan fingerprint density at radius 1 is 1.44 bits per heavy atom. The molecule has 1 heterocycles. The smallest absolute Gasteiger partial charge is 0.307 e. The SMILES string of the molecule is CCNC(=NCCC(=O)OC)NC1CCN(c2ccccc2Br)C1.I. The Hall–Kier alpha value is -1.03. The number of ether oxygens (including phenoxy) is 1. The molecule has 1 aromatic carbocycles. The van der Waals surface area contributed by atoms with Crippen LogP contribution in [0.2, 0.25) is 0 Å². The van der Waals surface area contributed by atoms with E-state index in [0.29, 0.717) is 19.0 Å². The summed E-state index contributed by atoms with van der Waals surface area (Å²) >= 11 is 3.61. The molecule has 0 saturated carbocycles. The van der Waals surface area contributed by atoms with Gasteiger partial charge >= 0.3 is 5.97 Å². The van der Waals surface area contributed by atoms with Crippen LogP contribution in [-0.4, -0.2) is 51.3 Å². The van der Waals surface area contributed by atoms with Crippen molar-refractivity contribution in [3.05, 3.63) is 28.7 Å². The minimum atomic E-state index is -0.240. The van der Waals surface area contributed by atoms with Crippen molar-refractivity contribution in [2.24, 2.45) is 4.99 Å². The van der Waals surface area contributed by atoms with Crippen molar-refractivity contribution in [1.29, 1.82) is 0 Å². The number of carbonyl (C=O) groups is 1. The zero-order valence-electron chi connectivity index (χ0n) is 14.6. The predicted molar refractivity (Wildman–Crippen MR) is 116 cm³/mol. The fraction of sp³-hybridized carbons (Fsp3) is 0.529. The second-order valence-electron chi connectivity index (χ2n) is 5.61. The van der Waals surface area contributed by atoms with Crippen molar-refractivity contribution in [2.75, 3.05) is 38.2 Å². The minimum absolute atomic E-state index is 0. The number of rotatable bonds is 6. The van der Waals surface area contributed by atoms with E-state index in [4.69, 9.17) is 0 Å². The lowest BCUT2D eigenvalue weighted by Gasteiger charge is -2.21. The topological polar surface area (TPSA) is 66.0 Å². The highest BCUT2D eigenvalue weighted by atomic mass is 127. The normalized spacial score (nSPS) is 17.0. The second kappa shape index (κ2) is 11.6. The van der Waals surface area contributed by atoms with Gasteiger partial charge in [0.25, 0.3) is 0 Å². The van der Waals surface area contributed by atoms with E-state index in [1.54, 1.807) is 0 Å². The standard InChI is InChI=1S/C17H25BrN4O2.HI/c1-3-19-17(20-10-8-16(23)24-2)21-13-9-11-22(12-13)15-7-5-4-6-14(15)18;/h4-7,13H,3,8-12H2,1-2H3,(H2,19,20,21);1H. The Kier molecular flexibility index (Phi) is 10.2. The first-order valence-electron chi connectivity index (χ1n) is 8.25. The molecule has 6 nitrogen and oxygen atoms in total. The van der Waals surface area contributed by atoms with Gasteiger partial charge in [-0.25, -0.2) is 0 Å². The highest BCUT2D eigenvalue weighted by Crippen LogP contribution is 2.28. The van der Waals surface area contributed by atoms with E-state index in [0.717, 1.165) is 36.5 Å².